The summed E-state index contributed by atoms with van der Waals surface area (Å²) in [6, 6.07) is 1.63. The molecule has 1 atom stereocenters. The molecule has 2 aromatic rings. The van der Waals surface area contributed by atoms with Gasteiger partial charge in [-0.2, -0.15) is 5.10 Å². The Kier molecular flexibility index (Phi) is 3.97. The van der Waals surface area contributed by atoms with Gasteiger partial charge in [0.15, 0.2) is 0 Å². The Morgan fingerprint density at radius 1 is 1.43 bits per heavy atom. The van der Waals surface area contributed by atoms with E-state index < -0.39 is 0 Å². The normalized spacial score (nSPS) is 19.1. The number of nitrogens with zero attached hydrogens (tertiary/aromatic N) is 3. The fraction of sp³-hybridized carbons (Fsp3) is 0.562. The highest BCUT2D eigenvalue weighted by atomic mass is 16.5. The van der Waals surface area contributed by atoms with Crippen molar-refractivity contribution >= 4 is 5.91 Å². The van der Waals surface area contributed by atoms with Crippen LogP contribution in [0.2, 0.25) is 0 Å². The molecule has 3 rings (SSSR count). The number of aryl methyl sites for hydroxylation is 1. The standard InChI is InChI=1S/C16H23N5O2/c1-10-8-17-14(18-10)12-9-23-6-5-21(12)15(22)11-7-13(20-19-11)16(2,3)4/h7-8,12H,5-6,9H2,1-4H3,(H,17,18)(H,19,20)/t12-/m1/s1. The summed E-state index contributed by atoms with van der Waals surface area (Å²) in [5.74, 6) is 0.654. The van der Waals surface area contributed by atoms with Crippen molar-refractivity contribution < 1.29 is 9.53 Å². The first-order valence-electron chi connectivity index (χ1n) is 7.82. The van der Waals surface area contributed by atoms with Crippen LogP contribution in [0.1, 0.15) is 54.5 Å². The van der Waals surface area contributed by atoms with Crippen molar-refractivity contribution in [2.24, 2.45) is 0 Å². The van der Waals surface area contributed by atoms with E-state index in [1.165, 1.54) is 0 Å². The van der Waals surface area contributed by atoms with E-state index in [4.69, 9.17) is 4.74 Å². The number of carbonyl (C=O) groups is 1. The molecule has 0 aliphatic carbocycles. The first kappa shape index (κ1) is 15.7. The van der Waals surface area contributed by atoms with Crippen LogP contribution in [0.25, 0.3) is 0 Å². The Hall–Kier alpha value is -2.15. The lowest BCUT2D eigenvalue weighted by Gasteiger charge is -2.33. The lowest BCUT2D eigenvalue weighted by molar-refractivity contribution is -0.00531. The van der Waals surface area contributed by atoms with Gasteiger partial charge in [0.1, 0.15) is 17.6 Å². The number of hydrogen-bond donors (Lipinski definition) is 2. The average Bonchev–Trinajstić information content (AvgIpc) is 3.15. The monoisotopic (exact) mass is 317 g/mol. The topological polar surface area (TPSA) is 86.9 Å². The lowest BCUT2D eigenvalue weighted by Crippen LogP contribution is -2.44. The molecule has 1 aliphatic rings. The van der Waals surface area contributed by atoms with Gasteiger partial charge in [0.05, 0.1) is 13.2 Å². The van der Waals surface area contributed by atoms with Gasteiger partial charge in [-0.3, -0.25) is 9.89 Å². The molecule has 124 valence electrons. The number of imidazole rings is 1. The van der Waals surface area contributed by atoms with E-state index in [1.807, 2.05) is 13.0 Å². The fourth-order valence-corrected chi connectivity index (χ4v) is 2.64. The summed E-state index contributed by atoms with van der Waals surface area (Å²) in [6.45, 7) is 9.68. The minimum Gasteiger partial charge on any atom is -0.377 e. The molecule has 7 heteroatoms. The number of carbonyl (C=O) groups excluding carboxylic acids is 1. The SMILES string of the molecule is Cc1cnc([C@H]2COCCN2C(=O)c2cc(C(C)(C)C)[nH]n2)[nH]1. The van der Waals surface area contributed by atoms with Crippen LogP contribution in [0.4, 0.5) is 0 Å². The molecule has 1 aliphatic heterocycles. The smallest absolute Gasteiger partial charge is 0.275 e. The van der Waals surface area contributed by atoms with Crippen LogP contribution in [0.3, 0.4) is 0 Å². The molecule has 7 nitrogen and oxygen atoms in total. The number of amides is 1. The summed E-state index contributed by atoms with van der Waals surface area (Å²) < 4.78 is 5.54. The number of rotatable bonds is 2. The van der Waals surface area contributed by atoms with Gasteiger partial charge < -0.3 is 14.6 Å². The molecular weight excluding hydrogens is 294 g/mol. The molecule has 1 fully saturated rings. The minimum absolute atomic E-state index is 0.0753. The molecule has 0 spiro atoms. The molecule has 0 bridgehead atoms. The number of ether oxygens (including phenoxy) is 1. The largest absolute Gasteiger partial charge is 0.377 e. The predicted molar refractivity (Wildman–Crippen MR) is 85.2 cm³/mol. The maximum Gasteiger partial charge on any atom is 0.275 e. The molecule has 1 saturated heterocycles. The third kappa shape index (κ3) is 3.14. The molecule has 0 aromatic carbocycles. The van der Waals surface area contributed by atoms with Crippen molar-refractivity contribution in [3.63, 3.8) is 0 Å². The quantitative estimate of drug-likeness (QED) is 0.886. The minimum atomic E-state index is -0.209. The van der Waals surface area contributed by atoms with E-state index in [9.17, 15) is 4.79 Å². The Labute approximate surface area is 135 Å². The first-order chi connectivity index (χ1) is 10.9. The molecule has 0 unspecified atom stereocenters. The third-order valence-corrected chi connectivity index (χ3v) is 4.03. The van der Waals surface area contributed by atoms with Gasteiger partial charge in [0.25, 0.3) is 5.91 Å². The Morgan fingerprint density at radius 2 is 2.22 bits per heavy atom. The molecule has 23 heavy (non-hydrogen) atoms. The van der Waals surface area contributed by atoms with Crippen molar-refractivity contribution in [3.8, 4) is 0 Å². The number of hydrogen-bond acceptors (Lipinski definition) is 4. The van der Waals surface area contributed by atoms with Crippen molar-refractivity contribution in [1.29, 1.82) is 0 Å². The van der Waals surface area contributed by atoms with Crippen LogP contribution in [0.15, 0.2) is 12.3 Å². The maximum atomic E-state index is 12.9. The lowest BCUT2D eigenvalue weighted by atomic mass is 9.92. The summed E-state index contributed by atoms with van der Waals surface area (Å²) in [5, 5.41) is 7.18. The second kappa shape index (κ2) is 5.81. The van der Waals surface area contributed by atoms with E-state index in [1.54, 1.807) is 11.1 Å². The van der Waals surface area contributed by atoms with Crippen LogP contribution >= 0.6 is 0 Å². The Balaban J connectivity index is 1.85. The van der Waals surface area contributed by atoms with Crippen LogP contribution < -0.4 is 0 Å². The van der Waals surface area contributed by atoms with Gasteiger partial charge in [-0.1, -0.05) is 20.8 Å². The van der Waals surface area contributed by atoms with E-state index in [2.05, 4.69) is 40.9 Å². The molecule has 1 amide bonds. The number of nitrogens with one attached hydrogen (secondary N) is 2. The molecule has 2 aromatic heterocycles. The van der Waals surface area contributed by atoms with E-state index in [0.717, 1.165) is 17.2 Å². The van der Waals surface area contributed by atoms with Crippen LogP contribution in [-0.4, -0.2) is 50.7 Å². The Morgan fingerprint density at radius 3 is 2.83 bits per heavy atom. The van der Waals surface area contributed by atoms with Gasteiger partial charge in [-0.05, 0) is 13.0 Å². The second-order valence-corrected chi connectivity index (χ2v) is 6.96. The molecule has 3 heterocycles. The first-order valence-corrected chi connectivity index (χ1v) is 7.82. The summed E-state index contributed by atoms with van der Waals surface area (Å²) in [5.41, 5.74) is 2.27. The number of H-pyrrole nitrogens is 2. The number of aromatic amines is 2. The summed E-state index contributed by atoms with van der Waals surface area (Å²) >= 11 is 0. The van der Waals surface area contributed by atoms with E-state index in [-0.39, 0.29) is 17.4 Å². The maximum absolute atomic E-state index is 12.9. The summed E-state index contributed by atoms with van der Waals surface area (Å²) in [4.78, 5) is 22.2. The van der Waals surface area contributed by atoms with Crippen molar-refractivity contribution in [1.82, 2.24) is 25.1 Å². The van der Waals surface area contributed by atoms with Crippen LogP contribution in [0.5, 0.6) is 0 Å². The van der Waals surface area contributed by atoms with Gasteiger partial charge in [-0.15, -0.1) is 0 Å². The van der Waals surface area contributed by atoms with Crippen molar-refractivity contribution in [2.45, 2.75) is 39.2 Å². The summed E-state index contributed by atoms with van der Waals surface area (Å²) in [6.07, 6.45) is 1.76. The predicted octanol–water partition coefficient (Wildman–Crippen LogP) is 1.95. The van der Waals surface area contributed by atoms with Crippen LogP contribution in [-0.2, 0) is 10.2 Å². The third-order valence-electron chi connectivity index (χ3n) is 4.03. The van der Waals surface area contributed by atoms with E-state index >= 15 is 0 Å². The molecule has 2 N–H and O–H groups in total. The van der Waals surface area contributed by atoms with E-state index in [0.29, 0.717) is 25.5 Å². The average molecular weight is 317 g/mol. The Bertz CT molecular complexity index is 697. The number of morpholine rings is 1. The molecule has 0 saturated carbocycles. The second-order valence-electron chi connectivity index (χ2n) is 6.96. The highest BCUT2D eigenvalue weighted by molar-refractivity contribution is 5.92. The van der Waals surface area contributed by atoms with Crippen molar-refractivity contribution in [3.05, 3.63) is 35.2 Å². The van der Waals surface area contributed by atoms with Gasteiger partial charge in [-0.25, -0.2) is 4.98 Å². The van der Waals surface area contributed by atoms with Gasteiger partial charge >= 0.3 is 0 Å². The van der Waals surface area contributed by atoms with Gasteiger partial charge in [0.2, 0.25) is 0 Å². The zero-order valence-electron chi connectivity index (χ0n) is 14.0. The highest BCUT2D eigenvalue weighted by Gasteiger charge is 2.32. The van der Waals surface area contributed by atoms with Gasteiger partial charge in [0, 0.05) is 29.5 Å². The zero-order chi connectivity index (χ0) is 16.6. The number of aromatic nitrogens is 4. The molecular formula is C16H23N5O2. The van der Waals surface area contributed by atoms with Crippen LogP contribution in [0, 0.1) is 6.92 Å². The summed E-state index contributed by atoms with van der Waals surface area (Å²) in [7, 11) is 0. The van der Waals surface area contributed by atoms with Crippen molar-refractivity contribution in [2.75, 3.05) is 19.8 Å². The zero-order valence-corrected chi connectivity index (χ0v) is 14.0. The molecule has 0 radical (unpaired) electrons. The fourth-order valence-electron chi connectivity index (χ4n) is 2.64. The highest BCUT2D eigenvalue weighted by Crippen LogP contribution is 2.25.